The van der Waals surface area contributed by atoms with Crippen molar-refractivity contribution in [2.24, 2.45) is 0 Å². The molecule has 4 nitrogen and oxygen atoms in total. The van der Waals surface area contributed by atoms with Gasteiger partial charge in [0.1, 0.15) is 6.07 Å². The maximum Gasteiger partial charge on any atom is 0.416 e. The van der Waals surface area contributed by atoms with E-state index in [0.717, 1.165) is 44.6 Å². The maximum atomic E-state index is 13.0. The summed E-state index contributed by atoms with van der Waals surface area (Å²) >= 11 is 0. The van der Waals surface area contributed by atoms with Crippen molar-refractivity contribution in [3.05, 3.63) is 47.4 Å². The van der Waals surface area contributed by atoms with E-state index in [-0.39, 0.29) is 5.82 Å². The second-order valence-corrected chi connectivity index (χ2v) is 6.30. The lowest BCUT2D eigenvalue weighted by atomic mass is 10.1. The fourth-order valence-electron chi connectivity index (χ4n) is 2.91. The van der Waals surface area contributed by atoms with Gasteiger partial charge in [0, 0.05) is 11.3 Å². The highest BCUT2D eigenvalue weighted by Crippen LogP contribution is 2.31. The quantitative estimate of drug-likeness (QED) is 0.670. The van der Waals surface area contributed by atoms with Crippen molar-refractivity contribution >= 4 is 0 Å². The van der Waals surface area contributed by atoms with Crippen LogP contribution in [0.5, 0.6) is 0 Å². The second kappa shape index (κ2) is 9.47. The van der Waals surface area contributed by atoms with E-state index in [1.54, 1.807) is 12.1 Å². The monoisotopic (exact) mass is 376 g/mol. The Balaban J connectivity index is 2.22. The minimum Gasteiger partial charge on any atom is -0.304 e. The molecule has 0 radical (unpaired) electrons. The molecule has 27 heavy (non-hydrogen) atoms. The molecule has 0 saturated heterocycles. The molecule has 1 aromatic heterocycles. The van der Waals surface area contributed by atoms with E-state index in [1.165, 1.54) is 6.07 Å². The average molecular weight is 376 g/mol. The molecule has 1 aromatic carbocycles. The summed E-state index contributed by atoms with van der Waals surface area (Å²) in [4.78, 5) is 10.6. The number of halogens is 3. The summed E-state index contributed by atoms with van der Waals surface area (Å²) in [6, 6.07) is 8.54. The minimum atomic E-state index is -4.42. The van der Waals surface area contributed by atoms with Crippen LogP contribution in [0.25, 0.3) is 11.3 Å². The molecule has 144 valence electrons. The molecule has 7 heteroatoms. The number of nitrogens with zero attached hydrogens (tertiary/aromatic N) is 4. The van der Waals surface area contributed by atoms with Gasteiger partial charge in [-0.15, -0.1) is 0 Å². The van der Waals surface area contributed by atoms with Crippen molar-refractivity contribution < 1.29 is 13.2 Å². The van der Waals surface area contributed by atoms with Gasteiger partial charge in [-0.3, -0.25) is 0 Å². The Kier molecular flexibility index (Phi) is 7.31. The summed E-state index contributed by atoms with van der Waals surface area (Å²) < 4.78 is 38.9. The second-order valence-electron chi connectivity index (χ2n) is 6.30. The van der Waals surface area contributed by atoms with Crippen LogP contribution < -0.4 is 0 Å². The average Bonchev–Trinajstić information content (AvgIpc) is 2.66. The van der Waals surface area contributed by atoms with Gasteiger partial charge >= 0.3 is 6.18 Å². The molecular formula is C20H23F3N4. The van der Waals surface area contributed by atoms with Crippen LogP contribution in [0.2, 0.25) is 0 Å². The molecule has 0 amide bonds. The van der Waals surface area contributed by atoms with Crippen molar-refractivity contribution in [3.8, 4) is 17.3 Å². The number of alkyl halides is 3. The normalized spacial score (nSPS) is 11.6. The highest BCUT2D eigenvalue weighted by Gasteiger charge is 2.30. The summed E-state index contributed by atoms with van der Waals surface area (Å²) in [5.74, 6) is -0.0270. The third kappa shape index (κ3) is 6.04. The molecule has 0 N–H and O–H groups in total. The Labute approximate surface area is 157 Å². The number of hydrogen-bond acceptors (Lipinski definition) is 4. The Morgan fingerprint density at radius 1 is 1.11 bits per heavy atom. The summed E-state index contributed by atoms with van der Waals surface area (Å²) in [6.07, 6.45) is -1.84. The van der Waals surface area contributed by atoms with Crippen LogP contribution in [-0.2, 0) is 12.6 Å². The zero-order valence-electron chi connectivity index (χ0n) is 15.6. The van der Waals surface area contributed by atoms with Gasteiger partial charge < -0.3 is 4.90 Å². The van der Waals surface area contributed by atoms with Gasteiger partial charge in [0.15, 0.2) is 0 Å². The first-order chi connectivity index (χ1) is 12.9. The molecule has 0 aliphatic heterocycles. The van der Waals surface area contributed by atoms with Crippen LogP contribution in [0.1, 0.15) is 43.8 Å². The van der Waals surface area contributed by atoms with E-state index < -0.39 is 11.7 Å². The van der Waals surface area contributed by atoms with Gasteiger partial charge in [0.2, 0.25) is 5.82 Å². The first kappa shape index (κ1) is 20.8. The van der Waals surface area contributed by atoms with Gasteiger partial charge in [-0.05, 0) is 57.1 Å². The highest BCUT2D eigenvalue weighted by atomic mass is 19.4. The first-order valence-electron chi connectivity index (χ1n) is 9.05. The van der Waals surface area contributed by atoms with Crippen LogP contribution in [0, 0.1) is 11.3 Å². The minimum absolute atomic E-state index is 0.0270. The van der Waals surface area contributed by atoms with Crippen LogP contribution in [0.3, 0.4) is 0 Å². The topological polar surface area (TPSA) is 52.8 Å². The third-order valence-electron chi connectivity index (χ3n) is 4.26. The fraction of sp³-hybridized carbons (Fsp3) is 0.450. The van der Waals surface area contributed by atoms with Crippen molar-refractivity contribution in [1.29, 1.82) is 5.26 Å². The lowest BCUT2D eigenvalue weighted by Crippen LogP contribution is -2.25. The molecule has 1 heterocycles. The van der Waals surface area contributed by atoms with Crippen LogP contribution >= 0.6 is 0 Å². The summed E-state index contributed by atoms with van der Waals surface area (Å²) in [5.41, 5.74) is 0.591. The molecule has 0 saturated carbocycles. The largest absolute Gasteiger partial charge is 0.416 e. The summed E-state index contributed by atoms with van der Waals surface area (Å²) in [6.45, 7) is 7.15. The van der Waals surface area contributed by atoms with E-state index in [4.69, 9.17) is 0 Å². The molecule has 0 unspecified atom stereocenters. The molecule has 2 rings (SSSR count). The van der Waals surface area contributed by atoms with Crippen LogP contribution in [0.4, 0.5) is 13.2 Å². The van der Waals surface area contributed by atoms with Gasteiger partial charge in [-0.2, -0.15) is 18.4 Å². The molecule has 0 spiro atoms. The molecule has 0 atom stereocenters. The standard InChI is InChI=1S/C20H23F3N4/c1-3-10-27(4-2)11-6-9-17-13-18(26-19(14-24)25-17)15-7-5-8-16(12-15)20(21,22)23/h5,7-8,12-13H,3-4,6,9-11H2,1-2H3. The number of benzene rings is 1. The predicted molar refractivity (Wildman–Crippen MR) is 97.9 cm³/mol. The predicted octanol–water partition coefficient (Wildman–Crippen LogP) is 4.70. The molecule has 0 fully saturated rings. The number of aryl methyl sites for hydroxylation is 1. The Morgan fingerprint density at radius 2 is 1.89 bits per heavy atom. The highest BCUT2D eigenvalue weighted by molar-refractivity contribution is 5.61. The van der Waals surface area contributed by atoms with Gasteiger partial charge in [0.05, 0.1) is 11.3 Å². The molecule has 0 aliphatic rings. The van der Waals surface area contributed by atoms with Crippen molar-refractivity contribution in [2.45, 2.75) is 39.3 Å². The molecule has 0 aliphatic carbocycles. The molecular weight excluding hydrogens is 353 g/mol. The Hall–Kier alpha value is -2.46. The van der Waals surface area contributed by atoms with Crippen LogP contribution in [0.15, 0.2) is 30.3 Å². The lowest BCUT2D eigenvalue weighted by molar-refractivity contribution is -0.137. The Bertz CT molecular complexity index is 797. The van der Waals surface area contributed by atoms with Gasteiger partial charge in [-0.25, -0.2) is 9.97 Å². The lowest BCUT2D eigenvalue weighted by Gasteiger charge is -2.19. The number of hydrogen-bond donors (Lipinski definition) is 0. The van der Waals surface area contributed by atoms with E-state index in [2.05, 4.69) is 28.7 Å². The van der Waals surface area contributed by atoms with Gasteiger partial charge in [0.25, 0.3) is 0 Å². The Morgan fingerprint density at radius 3 is 2.52 bits per heavy atom. The van der Waals surface area contributed by atoms with E-state index in [9.17, 15) is 18.4 Å². The number of aromatic nitrogens is 2. The zero-order valence-corrected chi connectivity index (χ0v) is 15.6. The molecule has 2 aromatic rings. The van der Waals surface area contributed by atoms with E-state index in [1.807, 2.05) is 6.07 Å². The van der Waals surface area contributed by atoms with E-state index in [0.29, 0.717) is 23.4 Å². The number of rotatable bonds is 8. The smallest absolute Gasteiger partial charge is 0.304 e. The molecule has 0 bridgehead atoms. The van der Waals surface area contributed by atoms with Crippen molar-refractivity contribution in [2.75, 3.05) is 19.6 Å². The van der Waals surface area contributed by atoms with E-state index >= 15 is 0 Å². The first-order valence-corrected chi connectivity index (χ1v) is 9.05. The summed E-state index contributed by atoms with van der Waals surface area (Å²) in [7, 11) is 0. The number of nitriles is 1. The SMILES string of the molecule is CCCN(CC)CCCc1cc(-c2cccc(C(F)(F)F)c2)nc(C#N)n1. The van der Waals surface area contributed by atoms with Crippen molar-refractivity contribution in [1.82, 2.24) is 14.9 Å². The third-order valence-corrected chi connectivity index (χ3v) is 4.26. The van der Waals surface area contributed by atoms with Crippen LogP contribution in [-0.4, -0.2) is 34.5 Å². The van der Waals surface area contributed by atoms with Crippen molar-refractivity contribution in [3.63, 3.8) is 0 Å². The fourth-order valence-corrected chi connectivity index (χ4v) is 2.91. The zero-order chi connectivity index (χ0) is 19.9. The maximum absolute atomic E-state index is 13.0. The van der Waals surface area contributed by atoms with Gasteiger partial charge in [-0.1, -0.05) is 26.0 Å². The summed E-state index contributed by atoms with van der Waals surface area (Å²) in [5, 5.41) is 9.18.